The molecule has 0 unspecified atom stereocenters. The second kappa shape index (κ2) is 11.5. The summed E-state index contributed by atoms with van der Waals surface area (Å²) in [5.74, 6) is 0.468. The Labute approximate surface area is 185 Å². The normalized spacial score (nSPS) is 10.3. The number of carbonyl (C=O) groups is 2. The third-order valence-electron chi connectivity index (χ3n) is 4.33. The van der Waals surface area contributed by atoms with Crippen LogP contribution < -0.4 is 20.1 Å². The Kier molecular flexibility index (Phi) is 8.19. The van der Waals surface area contributed by atoms with E-state index < -0.39 is 0 Å². The van der Waals surface area contributed by atoms with E-state index in [0.717, 1.165) is 0 Å². The molecule has 0 aliphatic heterocycles. The van der Waals surface area contributed by atoms with Crippen LogP contribution in [0, 0.1) is 0 Å². The van der Waals surface area contributed by atoms with Crippen molar-refractivity contribution in [2.45, 2.75) is 0 Å². The summed E-state index contributed by atoms with van der Waals surface area (Å²) in [5.41, 5.74) is 1.83. The van der Waals surface area contributed by atoms with E-state index in [9.17, 15) is 9.59 Å². The van der Waals surface area contributed by atoms with Crippen LogP contribution in [0.3, 0.4) is 0 Å². The molecule has 166 valence electrons. The molecule has 0 atom stereocenters. The predicted octanol–water partition coefficient (Wildman–Crippen LogP) is 2.93. The fraction of sp³-hybridized carbons (Fsp3) is 0.167. The van der Waals surface area contributed by atoms with E-state index in [0.29, 0.717) is 34.0 Å². The lowest BCUT2D eigenvalue weighted by atomic mass is 10.1. The highest BCUT2D eigenvalue weighted by molar-refractivity contribution is 6.08. The minimum Gasteiger partial charge on any atom is -0.491 e. The van der Waals surface area contributed by atoms with E-state index in [1.165, 1.54) is 6.07 Å². The molecular weight excluding hydrogens is 412 g/mol. The van der Waals surface area contributed by atoms with E-state index in [1.807, 2.05) is 0 Å². The number of benzene rings is 3. The average Bonchev–Trinajstić information content (AvgIpc) is 2.83. The van der Waals surface area contributed by atoms with E-state index in [2.05, 4.69) is 10.6 Å². The maximum Gasteiger partial charge on any atom is 0.255 e. The van der Waals surface area contributed by atoms with Gasteiger partial charge in [-0.2, -0.15) is 0 Å². The summed E-state index contributed by atoms with van der Waals surface area (Å²) in [5, 5.41) is 23.1. The molecule has 0 spiro atoms. The maximum absolute atomic E-state index is 12.6. The third kappa shape index (κ3) is 6.56. The zero-order valence-electron chi connectivity index (χ0n) is 17.3. The van der Waals surface area contributed by atoms with Gasteiger partial charge in [0.1, 0.15) is 24.7 Å². The van der Waals surface area contributed by atoms with Crippen molar-refractivity contribution >= 4 is 23.2 Å². The molecule has 0 saturated carbocycles. The topological polar surface area (TPSA) is 117 Å². The van der Waals surface area contributed by atoms with Crippen LogP contribution in [0.1, 0.15) is 20.7 Å². The first-order chi connectivity index (χ1) is 15.6. The number of carbonyl (C=O) groups excluding carboxylic acids is 2. The molecule has 8 heteroatoms. The molecule has 3 aromatic carbocycles. The number of nitrogens with one attached hydrogen (secondary N) is 2. The molecule has 0 radical (unpaired) electrons. The Morgan fingerprint density at radius 1 is 0.656 bits per heavy atom. The Balaban J connectivity index is 1.61. The second-order valence-corrected chi connectivity index (χ2v) is 6.68. The lowest BCUT2D eigenvalue weighted by molar-refractivity contribution is 0.102. The van der Waals surface area contributed by atoms with E-state index >= 15 is 0 Å². The van der Waals surface area contributed by atoms with Crippen molar-refractivity contribution in [1.29, 1.82) is 0 Å². The number of rotatable bonds is 10. The predicted molar refractivity (Wildman–Crippen MR) is 120 cm³/mol. The van der Waals surface area contributed by atoms with Gasteiger partial charge in [0.25, 0.3) is 11.8 Å². The van der Waals surface area contributed by atoms with Gasteiger partial charge >= 0.3 is 0 Å². The molecule has 2 amide bonds. The largest absolute Gasteiger partial charge is 0.491 e. The molecule has 3 aromatic rings. The number of hydrogen-bond acceptors (Lipinski definition) is 6. The minimum atomic E-state index is -0.353. The van der Waals surface area contributed by atoms with Gasteiger partial charge in [0.15, 0.2) is 0 Å². The fourth-order valence-corrected chi connectivity index (χ4v) is 2.80. The van der Waals surface area contributed by atoms with Crippen LogP contribution in [-0.4, -0.2) is 48.5 Å². The molecule has 0 heterocycles. The number of amides is 2. The number of hydrogen-bond donors (Lipinski definition) is 4. The lowest BCUT2D eigenvalue weighted by Crippen LogP contribution is -2.15. The summed E-state index contributed by atoms with van der Waals surface area (Å²) in [6.07, 6.45) is 0. The Bertz CT molecular complexity index is 954. The SMILES string of the molecule is O=C(Nc1ccc(OCCO)cc1)c1cccc(C(=O)Nc2ccc(OCCO)cc2)c1. The number of ether oxygens (including phenoxy) is 2. The molecule has 0 fully saturated rings. The molecule has 0 bridgehead atoms. The van der Waals surface area contributed by atoms with Crippen molar-refractivity contribution in [3.05, 3.63) is 83.9 Å². The average molecular weight is 436 g/mol. The van der Waals surface area contributed by atoms with Gasteiger partial charge in [-0.15, -0.1) is 0 Å². The molecule has 0 aliphatic carbocycles. The summed E-state index contributed by atoms with van der Waals surface area (Å²) < 4.78 is 10.6. The van der Waals surface area contributed by atoms with Crippen LogP contribution in [-0.2, 0) is 0 Å². The van der Waals surface area contributed by atoms with Gasteiger partial charge in [-0.25, -0.2) is 0 Å². The van der Waals surface area contributed by atoms with Gasteiger partial charge in [-0.05, 0) is 66.7 Å². The van der Waals surface area contributed by atoms with Crippen LogP contribution in [0.2, 0.25) is 0 Å². The van der Waals surface area contributed by atoms with E-state index in [4.69, 9.17) is 19.7 Å². The van der Waals surface area contributed by atoms with Crippen molar-refractivity contribution in [3.8, 4) is 11.5 Å². The van der Waals surface area contributed by atoms with E-state index in [1.54, 1.807) is 66.7 Å². The van der Waals surface area contributed by atoms with Crippen LogP contribution in [0.5, 0.6) is 11.5 Å². The van der Waals surface area contributed by atoms with Gasteiger partial charge in [-0.3, -0.25) is 9.59 Å². The molecule has 4 N–H and O–H groups in total. The summed E-state index contributed by atoms with van der Waals surface area (Å²) in [6.45, 7) is 0.240. The van der Waals surface area contributed by atoms with Crippen molar-refractivity contribution in [1.82, 2.24) is 0 Å². The van der Waals surface area contributed by atoms with Crippen molar-refractivity contribution < 1.29 is 29.3 Å². The van der Waals surface area contributed by atoms with Crippen LogP contribution in [0.15, 0.2) is 72.8 Å². The van der Waals surface area contributed by atoms with Gasteiger partial charge in [0.05, 0.1) is 13.2 Å². The highest BCUT2D eigenvalue weighted by Crippen LogP contribution is 2.18. The number of aliphatic hydroxyl groups excluding tert-OH is 2. The summed E-state index contributed by atoms with van der Waals surface area (Å²) in [6, 6.07) is 19.9. The highest BCUT2D eigenvalue weighted by atomic mass is 16.5. The molecule has 8 nitrogen and oxygen atoms in total. The maximum atomic E-state index is 12.6. The number of aliphatic hydroxyl groups is 2. The number of anilines is 2. The molecule has 0 saturated heterocycles. The quantitative estimate of drug-likeness (QED) is 0.388. The van der Waals surface area contributed by atoms with Gasteiger partial charge < -0.3 is 30.3 Å². The van der Waals surface area contributed by atoms with Crippen molar-refractivity contribution in [2.24, 2.45) is 0 Å². The van der Waals surface area contributed by atoms with Crippen molar-refractivity contribution in [2.75, 3.05) is 37.1 Å². The fourth-order valence-electron chi connectivity index (χ4n) is 2.80. The first-order valence-electron chi connectivity index (χ1n) is 9.99. The van der Waals surface area contributed by atoms with Crippen LogP contribution >= 0.6 is 0 Å². The zero-order valence-corrected chi connectivity index (χ0v) is 17.3. The molecular formula is C24H24N2O6. The Morgan fingerprint density at radius 2 is 1.06 bits per heavy atom. The standard InChI is InChI=1S/C24H24N2O6/c27-12-14-31-21-8-4-19(5-9-21)25-23(29)17-2-1-3-18(16-17)24(30)26-20-6-10-22(11-7-20)32-15-13-28/h1-11,16,27-28H,12-15H2,(H,25,29)(H,26,30). The first kappa shape index (κ1) is 22.8. The van der Waals surface area contributed by atoms with Crippen LogP contribution in [0.4, 0.5) is 11.4 Å². The van der Waals surface area contributed by atoms with Gasteiger partial charge in [0.2, 0.25) is 0 Å². The molecule has 0 aliphatic rings. The van der Waals surface area contributed by atoms with Gasteiger partial charge in [0, 0.05) is 22.5 Å². The smallest absolute Gasteiger partial charge is 0.255 e. The second-order valence-electron chi connectivity index (χ2n) is 6.68. The summed E-state index contributed by atoms with van der Waals surface area (Å²) in [7, 11) is 0. The molecule has 32 heavy (non-hydrogen) atoms. The zero-order chi connectivity index (χ0) is 22.8. The molecule has 3 rings (SSSR count). The lowest BCUT2D eigenvalue weighted by Gasteiger charge is -2.10. The van der Waals surface area contributed by atoms with Gasteiger partial charge in [-0.1, -0.05) is 6.07 Å². The monoisotopic (exact) mass is 436 g/mol. The van der Waals surface area contributed by atoms with Crippen LogP contribution in [0.25, 0.3) is 0 Å². The third-order valence-corrected chi connectivity index (χ3v) is 4.33. The minimum absolute atomic E-state index is 0.0766. The summed E-state index contributed by atoms with van der Waals surface area (Å²) in [4.78, 5) is 25.2. The van der Waals surface area contributed by atoms with E-state index in [-0.39, 0.29) is 38.2 Å². The summed E-state index contributed by atoms with van der Waals surface area (Å²) >= 11 is 0. The molecule has 0 aromatic heterocycles. The Morgan fingerprint density at radius 3 is 1.44 bits per heavy atom. The highest BCUT2D eigenvalue weighted by Gasteiger charge is 2.11. The van der Waals surface area contributed by atoms with Crippen molar-refractivity contribution in [3.63, 3.8) is 0 Å². The Hall–Kier alpha value is -3.88. The first-order valence-corrected chi connectivity index (χ1v) is 9.99.